The number of thioether (sulfide) groups is 1. The van der Waals surface area contributed by atoms with Crippen molar-refractivity contribution in [1.29, 1.82) is 0 Å². The Balaban J connectivity index is 1.57. The minimum absolute atomic E-state index is 0.114. The summed E-state index contributed by atoms with van der Waals surface area (Å²) in [5.74, 6) is -0.189. The van der Waals surface area contributed by atoms with Crippen LogP contribution in [0.25, 0.3) is 6.08 Å². The number of ether oxygens (including phenoxy) is 1. The fourth-order valence-electron chi connectivity index (χ4n) is 3.37. The van der Waals surface area contributed by atoms with Crippen LogP contribution in [0.2, 0.25) is 15.1 Å². The van der Waals surface area contributed by atoms with E-state index in [0.717, 1.165) is 6.42 Å². The van der Waals surface area contributed by atoms with Crippen molar-refractivity contribution in [2.24, 2.45) is 4.99 Å². The Morgan fingerprint density at radius 2 is 1.77 bits per heavy atom. The number of nitrogens with zero attached hydrogens (tertiary/aromatic N) is 2. The molecule has 9 heteroatoms. The third kappa shape index (κ3) is 6.39. The number of amidine groups is 1. The summed E-state index contributed by atoms with van der Waals surface area (Å²) in [6.07, 6.45) is 2.52. The average Bonchev–Trinajstić information content (AvgIpc) is 3.09. The van der Waals surface area contributed by atoms with E-state index in [1.54, 1.807) is 59.5 Å². The van der Waals surface area contributed by atoms with Crippen LogP contribution in [0, 0.1) is 5.82 Å². The van der Waals surface area contributed by atoms with Gasteiger partial charge in [-0.1, -0.05) is 53.9 Å². The van der Waals surface area contributed by atoms with Crippen LogP contribution < -0.4 is 4.74 Å². The monoisotopic (exact) mass is 548 g/mol. The predicted octanol–water partition coefficient (Wildman–Crippen LogP) is 8.38. The van der Waals surface area contributed by atoms with Crippen molar-refractivity contribution in [1.82, 2.24) is 4.90 Å². The van der Waals surface area contributed by atoms with Gasteiger partial charge in [0.05, 0.1) is 20.6 Å². The first-order chi connectivity index (χ1) is 16.8. The van der Waals surface area contributed by atoms with E-state index in [-0.39, 0.29) is 28.4 Å². The van der Waals surface area contributed by atoms with Gasteiger partial charge in [-0.2, -0.15) is 0 Å². The van der Waals surface area contributed by atoms with Gasteiger partial charge < -0.3 is 4.74 Å². The zero-order chi connectivity index (χ0) is 24.9. The van der Waals surface area contributed by atoms with Crippen LogP contribution in [0.4, 0.5) is 10.1 Å². The number of carbonyl (C=O) groups is 1. The molecular weight excluding hydrogens is 530 g/mol. The lowest BCUT2D eigenvalue weighted by atomic mass is 10.2. The quantitative estimate of drug-likeness (QED) is 0.278. The Hall–Kier alpha value is -2.51. The Morgan fingerprint density at radius 3 is 2.43 bits per heavy atom. The van der Waals surface area contributed by atoms with Gasteiger partial charge in [0, 0.05) is 11.6 Å². The smallest absolute Gasteiger partial charge is 0.266 e. The summed E-state index contributed by atoms with van der Waals surface area (Å²) in [4.78, 5) is 19.9. The van der Waals surface area contributed by atoms with Crippen LogP contribution in [-0.2, 0) is 11.4 Å². The van der Waals surface area contributed by atoms with Gasteiger partial charge in [0.25, 0.3) is 5.91 Å². The molecule has 0 spiro atoms. The molecule has 4 rings (SSSR count). The fraction of sp³-hybridized carbons (Fsp3) is 0.154. The van der Waals surface area contributed by atoms with E-state index in [1.807, 2.05) is 6.92 Å². The topological polar surface area (TPSA) is 41.9 Å². The molecule has 0 saturated carbocycles. The highest BCUT2D eigenvalue weighted by atomic mass is 35.5. The second kappa shape index (κ2) is 11.5. The summed E-state index contributed by atoms with van der Waals surface area (Å²) >= 11 is 20.1. The molecule has 1 fully saturated rings. The molecule has 35 heavy (non-hydrogen) atoms. The second-order valence-corrected chi connectivity index (χ2v) is 9.93. The van der Waals surface area contributed by atoms with Crippen LogP contribution in [0.1, 0.15) is 24.5 Å². The first kappa shape index (κ1) is 25.6. The van der Waals surface area contributed by atoms with Crippen molar-refractivity contribution in [3.63, 3.8) is 0 Å². The van der Waals surface area contributed by atoms with Gasteiger partial charge >= 0.3 is 0 Å². The van der Waals surface area contributed by atoms with E-state index in [4.69, 9.17) is 39.5 Å². The highest BCUT2D eigenvalue weighted by Gasteiger charge is 2.32. The lowest BCUT2D eigenvalue weighted by molar-refractivity contribution is -0.122. The molecule has 0 atom stereocenters. The summed E-state index contributed by atoms with van der Waals surface area (Å²) in [6, 6.07) is 16.6. The van der Waals surface area contributed by atoms with Crippen molar-refractivity contribution >= 4 is 69.4 Å². The van der Waals surface area contributed by atoms with E-state index in [0.29, 0.717) is 44.2 Å². The summed E-state index contributed by atoms with van der Waals surface area (Å²) in [6.45, 7) is 2.66. The molecule has 0 aromatic heterocycles. The Kier molecular flexibility index (Phi) is 8.39. The highest BCUT2D eigenvalue weighted by Crippen LogP contribution is 2.38. The van der Waals surface area contributed by atoms with E-state index in [2.05, 4.69) is 4.99 Å². The molecule has 1 saturated heterocycles. The molecule has 1 heterocycles. The molecule has 3 aromatic rings. The van der Waals surface area contributed by atoms with Gasteiger partial charge in [0.1, 0.15) is 12.4 Å². The van der Waals surface area contributed by atoms with Crippen molar-refractivity contribution in [2.75, 3.05) is 6.54 Å². The van der Waals surface area contributed by atoms with Gasteiger partial charge in [0.15, 0.2) is 10.9 Å². The largest absolute Gasteiger partial charge is 0.486 e. The Bertz CT molecular complexity index is 1290. The maximum atomic E-state index is 13.4. The summed E-state index contributed by atoms with van der Waals surface area (Å²) in [7, 11) is 0. The number of amides is 1. The summed E-state index contributed by atoms with van der Waals surface area (Å²) < 4.78 is 19.1. The van der Waals surface area contributed by atoms with Crippen molar-refractivity contribution in [3.8, 4) is 5.75 Å². The molecule has 1 amide bonds. The third-order valence-corrected chi connectivity index (χ3v) is 6.80. The standard InChI is InChI=1S/C26H20Cl3FN2O2S/c1-2-10-32-25(33)23(35-26(32)31-20-8-6-18(27)7-9-20)14-17-12-21(28)24(22(29)13-17)34-15-16-4-3-5-19(30)11-16/h3-9,11-14H,2,10,15H2,1H3/b23-14-,31-26?. The molecule has 180 valence electrons. The van der Waals surface area contributed by atoms with Crippen molar-refractivity contribution in [3.05, 3.63) is 97.6 Å². The van der Waals surface area contributed by atoms with Gasteiger partial charge in [0.2, 0.25) is 0 Å². The molecule has 3 aromatic carbocycles. The van der Waals surface area contributed by atoms with Crippen LogP contribution in [0.15, 0.2) is 70.6 Å². The first-order valence-corrected chi connectivity index (χ1v) is 12.7. The molecule has 0 unspecified atom stereocenters. The molecule has 0 N–H and O–H groups in total. The molecule has 0 aliphatic carbocycles. The Morgan fingerprint density at radius 1 is 1.06 bits per heavy atom. The number of carbonyl (C=O) groups excluding carboxylic acids is 1. The van der Waals surface area contributed by atoms with Gasteiger partial charge in [-0.25, -0.2) is 9.38 Å². The fourth-order valence-corrected chi connectivity index (χ4v) is 5.14. The van der Waals surface area contributed by atoms with Gasteiger partial charge in [-0.3, -0.25) is 9.69 Å². The number of halogens is 4. The maximum absolute atomic E-state index is 13.4. The molecule has 0 radical (unpaired) electrons. The van der Waals surface area contributed by atoms with E-state index < -0.39 is 0 Å². The predicted molar refractivity (Wildman–Crippen MR) is 143 cm³/mol. The second-order valence-electron chi connectivity index (χ2n) is 7.67. The van der Waals surface area contributed by atoms with E-state index >= 15 is 0 Å². The number of rotatable bonds is 7. The lowest BCUT2D eigenvalue weighted by Gasteiger charge is -2.14. The Labute approximate surface area is 222 Å². The number of hydrogen-bond acceptors (Lipinski definition) is 4. The molecule has 4 nitrogen and oxygen atoms in total. The maximum Gasteiger partial charge on any atom is 0.266 e. The number of hydrogen-bond donors (Lipinski definition) is 0. The summed E-state index contributed by atoms with van der Waals surface area (Å²) in [5, 5.41) is 1.79. The van der Waals surface area contributed by atoms with Gasteiger partial charge in [-0.05, 0) is 83.9 Å². The number of benzene rings is 3. The minimum Gasteiger partial charge on any atom is -0.486 e. The zero-order valence-corrected chi connectivity index (χ0v) is 21.7. The molecule has 1 aliphatic rings. The van der Waals surface area contributed by atoms with Crippen molar-refractivity contribution < 1.29 is 13.9 Å². The zero-order valence-electron chi connectivity index (χ0n) is 18.6. The molecule has 0 bridgehead atoms. The lowest BCUT2D eigenvalue weighted by Crippen LogP contribution is -2.29. The van der Waals surface area contributed by atoms with E-state index in [9.17, 15) is 9.18 Å². The van der Waals surface area contributed by atoms with Crippen LogP contribution in [0.3, 0.4) is 0 Å². The summed E-state index contributed by atoms with van der Waals surface area (Å²) in [5.41, 5.74) is 2.01. The van der Waals surface area contributed by atoms with Gasteiger partial charge in [-0.15, -0.1) is 0 Å². The van der Waals surface area contributed by atoms with Crippen LogP contribution in [0.5, 0.6) is 5.75 Å². The minimum atomic E-state index is -0.347. The molecule has 1 aliphatic heterocycles. The third-order valence-electron chi connectivity index (χ3n) is 4.98. The normalized spacial score (nSPS) is 15.9. The van der Waals surface area contributed by atoms with E-state index in [1.165, 1.54) is 23.9 Å². The highest BCUT2D eigenvalue weighted by molar-refractivity contribution is 8.18. The van der Waals surface area contributed by atoms with Crippen LogP contribution >= 0.6 is 46.6 Å². The average molecular weight is 550 g/mol. The SMILES string of the molecule is CCCN1C(=O)/C(=C/c2cc(Cl)c(OCc3cccc(F)c3)c(Cl)c2)SC1=Nc1ccc(Cl)cc1. The van der Waals surface area contributed by atoms with Crippen LogP contribution in [-0.4, -0.2) is 22.5 Å². The first-order valence-electron chi connectivity index (χ1n) is 10.8. The molecular formula is C26H20Cl3FN2O2S. The van der Waals surface area contributed by atoms with Crippen molar-refractivity contribution in [2.45, 2.75) is 20.0 Å². The number of aliphatic imine (C=N–C) groups is 1.